The summed E-state index contributed by atoms with van der Waals surface area (Å²) in [6.45, 7) is 4.60. The van der Waals surface area contributed by atoms with Crippen LogP contribution in [0.3, 0.4) is 0 Å². The zero-order valence-electron chi connectivity index (χ0n) is 19.8. The fourth-order valence-electron chi connectivity index (χ4n) is 2.79. The summed E-state index contributed by atoms with van der Waals surface area (Å²) in [7, 11) is 4.81. The molecule has 2 aromatic carbocycles. The van der Waals surface area contributed by atoms with Crippen LogP contribution in [0.2, 0.25) is 0 Å². The predicted octanol–water partition coefficient (Wildman–Crippen LogP) is 4.43. The van der Waals surface area contributed by atoms with E-state index in [0.29, 0.717) is 0 Å². The van der Waals surface area contributed by atoms with Crippen LogP contribution in [-0.2, 0) is 20.7 Å². The summed E-state index contributed by atoms with van der Waals surface area (Å²) in [5.74, 6) is -0.238. The van der Waals surface area contributed by atoms with Gasteiger partial charge in [-0.1, -0.05) is 48.5 Å². The number of carbonyl (C=O) groups is 2. The molecule has 0 spiro atoms. The number of rotatable bonds is 9. The van der Waals surface area contributed by atoms with Crippen molar-refractivity contribution in [2.45, 2.75) is 13.3 Å². The van der Waals surface area contributed by atoms with Gasteiger partial charge in [-0.2, -0.15) is 0 Å². The van der Waals surface area contributed by atoms with Crippen molar-refractivity contribution in [2.75, 3.05) is 41.0 Å². The van der Waals surface area contributed by atoms with Crippen LogP contribution >= 0.6 is 11.3 Å². The third-order valence-corrected chi connectivity index (χ3v) is 5.38. The molecule has 0 aliphatic rings. The topological polar surface area (TPSA) is 90.7 Å². The molecule has 0 bridgehead atoms. The van der Waals surface area contributed by atoms with Crippen molar-refractivity contribution in [3.63, 3.8) is 0 Å². The summed E-state index contributed by atoms with van der Waals surface area (Å²) in [4.78, 5) is 22.8. The summed E-state index contributed by atoms with van der Waals surface area (Å²) in [5, 5.41) is 4.96. The summed E-state index contributed by atoms with van der Waals surface area (Å²) in [6, 6.07) is 18.0. The van der Waals surface area contributed by atoms with Gasteiger partial charge in [-0.05, 0) is 60.3 Å². The molecule has 0 atom stereocenters. The Labute approximate surface area is 200 Å². The molecule has 0 saturated carbocycles. The van der Waals surface area contributed by atoms with Crippen molar-refractivity contribution in [2.24, 2.45) is 5.73 Å². The Morgan fingerprint density at radius 3 is 2.00 bits per heavy atom. The third-order valence-electron chi connectivity index (χ3n) is 4.52. The second-order valence-electron chi connectivity index (χ2n) is 6.68. The van der Waals surface area contributed by atoms with Crippen molar-refractivity contribution in [3.8, 4) is 22.3 Å². The minimum absolute atomic E-state index is 0.238. The molecule has 0 aliphatic heterocycles. The number of methoxy groups -OCH3 is 1. The third kappa shape index (κ3) is 10.1. The first-order valence-corrected chi connectivity index (χ1v) is 11.6. The van der Waals surface area contributed by atoms with Crippen LogP contribution in [0.4, 0.5) is 0 Å². The molecular formula is C26H34N2O4S. The number of ether oxygens (including phenoxy) is 2. The van der Waals surface area contributed by atoms with Crippen molar-refractivity contribution >= 4 is 23.6 Å². The highest BCUT2D eigenvalue weighted by Gasteiger charge is 2.05. The number of likely N-dealkylation sites (N-methyl/N-ethyl adjacent to an activating group) is 1. The normalized spacial score (nSPS) is 9.73. The van der Waals surface area contributed by atoms with E-state index in [1.807, 2.05) is 61.8 Å². The Kier molecular flexibility index (Phi) is 14.3. The van der Waals surface area contributed by atoms with E-state index >= 15 is 0 Å². The van der Waals surface area contributed by atoms with E-state index in [0.717, 1.165) is 58.7 Å². The van der Waals surface area contributed by atoms with Gasteiger partial charge in [-0.15, -0.1) is 11.3 Å². The van der Waals surface area contributed by atoms with Crippen molar-refractivity contribution < 1.29 is 19.1 Å². The zero-order chi connectivity index (χ0) is 24.5. The summed E-state index contributed by atoms with van der Waals surface area (Å²) in [5.41, 5.74) is 9.78. The first-order chi connectivity index (χ1) is 16.1. The Morgan fingerprint density at radius 2 is 1.55 bits per heavy atom. The molecule has 0 radical (unpaired) electrons. The molecule has 7 heteroatoms. The van der Waals surface area contributed by atoms with Gasteiger partial charge in [0, 0.05) is 13.2 Å². The van der Waals surface area contributed by atoms with Crippen LogP contribution in [0, 0.1) is 0 Å². The average molecular weight is 471 g/mol. The molecule has 0 aliphatic carbocycles. The van der Waals surface area contributed by atoms with Crippen LogP contribution in [0.1, 0.15) is 22.2 Å². The molecule has 0 fully saturated rings. The van der Waals surface area contributed by atoms with Gasteiger partial charge in [0.05, 0.1) is 25.0 Å². The maximum absolute atomic E-state index is 11.3. The fourth-order valence-corrected chi connectivity index (χ4v) is 3.51. The van der Waals surface area contributed by atoms with Gasteiger partial charge < -0.3 is 20.5 Å². The zero-order valence-corrected chi connectivity index (χ0v) is 20.6. The van der Waals surface area contributed by atoms with E-state index in [9.17, 15) is 9.59 Å². The SMILES string of the molecule is CCOCCNC.CN.COC(=O)Cc1ccc(-c2ccc(-c3csc(C=O)c3)cc2)cc1. The number of nitrogens with one attached hydrogen (secondary N) is 1. The van der Waals surface area contributed by atoms with Crippen LogP contribution in [0.5, 0.6) is 0 Å². The maximum atomic E-state index is 11.3. The van der Waals surface area contributed by atoms with E-state index in [2.05, 4.69) is 27.9 Å². The van der Waals surface area contributed by atoms with Crippen LogP contribution < -0.4 is 11.1 Å². The van der Waals surface area contributed by atoms with Gasteiger partial charge >= 0.3 is 5.97 Å². The second kappa shape index (κ2) is 16.7. The first kappa shape index (κ1) is 28.2. The standard InChI is InChI=1S/C20H16O3S.C5H13NO.CH5N/c1-23-20(22)10-14-2-4-15(5-3-14)16-6-8-17(9-7-16)18-11-19(12-21)24-13-18;1-3-7-5-4-6-2;1-2/h2-9,11-13H,10H2,1H3;6H,3-5H2,1-2H3;2H2,1H3. The highest BCUT2D eigenvalue weighted by atomic mass is 32.1. The second-order valence-corrected chi connectivity index (χ2v) is 7.63. The summed E-state index contributed by atoms with van der Waals surface area (Å²) in [6.07, 6.45) is 1.16. The first-order valence-electron chi connectivity index (χ1n) is 10.7. The van der Waals surface area contributed by atoms with Crippen molar-refractivity contribution in [1.29, 1.82) is 0 Å². The van der Waals surface area contributed by atoms with Gasteiger partial charge in [-0.25, -0.2) is 0 Å². The number of thiophene rings is 1. The molecule has 0 amide bonds. The van der Waals surface area contributed by atoms with Gasteiger partial charge in [0.15, 0.2) is 6.29 Å². The molecular weight excluding hydrogens is 436 g/mol. The number of carbonyl (C=O) groups excluding carboxylic acids is 2. The lowest BCUT2D eigenvalue weighted by atomic mass is 10.00. The van der Waals surface area contributed by atoms with Crippen LogP contribution in [0.15, 0.2) is 60.0 Å². The Morgan fingerprint density at radius 1 is 1.00 bits per heavy atom. The van der Waals surface area contributed by atoms with Gasteiger partial charge in [0.1, 0.15) is 0 Å². The molecule has 3 rings (SSSR count). The minimum atomic E-state index is -0.238. The Balaban J connectivity index is 0.000000520. The molecule has 6 nitrogen and oxygen atoms in total. The van der Waals surface area contributed by atoms with Gasteiger partial charge in [-0.3, -0.25) is 9.59 Å². The van der Waals surface area contributed by atoms with Crippen LogP contribution in [0.25, 0.3) is 22.3 Å². The Bertz CT molecular complexity index is 934. The molecule has 178 valence electrons. The largest absolute Gasteiger partial charge is 0.469 e. The van der Waals surface area contributed by atoms with Gasteiger partial charge in [0.25, 0.3) is 0 Å². The maximum Gasteiger partial charge on any atom is 0.309 e. The number of aldehydes is 1. The number of benzene rings is 2. The van der Waals surface area contributed by atoms with E-state index in [-0.39, 0.29) is 12.4 Å². The number of esters is 1. The van der Waals surface area contributed by atoms with E-state index < -0.39 is 0 Å². The fraction of sp³-hybridized carbons (Fsp3) is 0.308. The molecule has 3 N–H and O–H groups in total. The molecule has 1 aromatic heterocycles. The highest BCUT2D eigenvalue weighted by molar-refractivity contribution is 7.12. The highest BCUT2D eigenvalue weighted by Crippen LogP contribution is 2.28. The quantitative estimate of drug-likeness (QED) is 0.273. The minimum Gasteiger partial charge on any atom is -0.469 e. The predicted molar refractivity (Wildman–Crippen MR) is 137 cm³/mol. The molecule has 0 saturated heterocycles. The summed E-state index contributed by atoms with van der Waals surface area (Å²) >= 11 is 1.45. The van der Waals surface area contributed by atoms with Gasteiger partial charge in [0.2, 0.25) is 0 Å². The van der Waals surface area contributed by atoms with E-state index in [1.165, 1.54) is 25.5 Å². The number of hydrogen-bond donors (Lipinski definition) is 2. The lowest BCUT2D eigenvalue weighted by Crippen LogP contribution is -2.13. The van der Waals surface area contributed by atoms with E-state index in [1.54, 1.807) is 0 Å². The Hall–Kier alpha value is -2.84. The van der Waals surface area contributed by atoms with Crippen molar-refractivity contribution in [1.82, 2.24) is 5.32 Å². The lowest BCUT2D eigenvalue weighted by molar-refractivity contribution is -0.139. The monoisotopic (exact) mass is 470 g/mol. The molecule has 3 aromatic rings. The molecule has 33 heavy (non-hydrogen) atoms. The number of hydrogen-bond acceptors (Lipinski definition) is 7. The average Bonchev–Trinajstić information content (AvgIpc) is 3.36. The van der Waals surface area contributed by atoms with E-state index in [4.69, 9.17) is 4.74 Å². The number of nitrogens with two attached hydrogens (primary N) is 1. The van der Waals surface area contributed by atoms with Crippen LogP contribution in [-0.4, -0.2) is 53.2 Å². The smallest absolute Gasteiger partial charge is 0.309 e. The summed E-state index contributed by atoms with van der Waals surface area (Å²) < 4.78 is 9.69. The molecule has 0 unspecified atom stereocenters. The molecule has 1 heterocycles. The lowest BCUT2D eigenvalue weighted by Gasteiger charge is -2.05. The van der Waals surface area contributed by atoms with Crippen molar-refractivity contribution in [3.05, 3.63) is 70.4 Å².